The van der Waals surface area contributed by atoms with E-state index in [0.29, 0.717) is 36.8 Å². The largest absolute Gasteiger partial charge is 0.496 e. The van der Waals surface area contributed by atoms with Gasteiger partial charge in [-0.05, 0) is 24.6 Å². The van der Waals surface area contributed by atoms with Gasteiger partial charge in [0.1, 0.15) is 11.5 Å². The second kappa shape index (κ2) is 6.04. The number of carbonyl (C=O) groups is 1. The van der Waals surface area contributed by atoms with Crippen molar-refractivity contribution in [3.8, 4) is 11.5 Å². The average Bonchev–Trinajstić information content (AvgIpc) is 2.47. The van der Waals surface area contributed by atoms with Gasteiger partial charge >= 0.3 is 0 Å². The lowest BCUT2D eigenvalue weighted by Gasteiger charge is -2.23. The van der Waals surface area contributed by atoms with Crippen LogP contribution in [-0.2, 0) is 4.74 Å². The fourth-order valence-corrected chi connectivity index (χ4v) is 2.16. The smallest absolute Gasteiger partial charge is 0.185 e. The Hall–Kier alpha value is -1.59. The molecule has 104 valence electrons. The molecule has 0 amide bonds. The van der Waals surface area contributed by atoms with Crippen LogP contribution in [0.15, 0.2) is 12.1 Å². The van der Waals surface area contributed by atoms with Crippen molar-refractivity contribution in [1.29, 1.82) is 0 Å². The SMILES string of the molecule is COc1cc(C(=O)C2COCCN2)c(OC)cc1C. The first-order valence-corrected chi connectivity index (χ1v) is 6.25. The van der Waals surface area contributed by atoms with Crippen molar-refractivity contribution in [1.82, 2.24) is 5.32 Å². The quantitative estimate of drug-likeness (QED) is 0.829. The van der Waals surface area contributed by atoms with Crippen LogP contribution in [0.2, 0.25) is 0 Å². The van der Waals surface area contributed by atoms with Crippen LogP contribution in [0.4, 0.5) is 0 Å². The summed E-state index contributed by atoms with van der Waals surface area (Å²) < 4.78 is 15.9. The number of methoxy groups -OCH3 is 2. The molecule has 2 rings (SSSR count). The molecule has 19 heavy (non-hydrogen) atoms. The van der Waals surface area contributed by atoms with Gasteiger partial charge in [-0.25, -0.2) is 0 Å². The molecule has 0 radical (unpaired) electrons. The summed E-state index contributed by atoms with van der Waals surface area (Å²) in [5.41, 5.74) is 1.46. The Bertz CT molecular complexity index is 467. The highest BCUT2D eigenvalue weighted by atomic mass is 16.5. The second-order valence-corrected chi connectivity index (χ2v) is 4.47. The molecular formula is C14H19NO4. The van der Waals surface area contributed by atoms with Gasteiger partial charge in [0.05, 0.1) is 39.0 Å². The van der Waals surface area contributed by atoms with Crippen molar-refractivity contribution in [3.63, 3.8) is 0 Å². The van der Waals surface area contributed by atoms with Gasteiger partial charge in [0.15, 0.2) is 5.78 Å². The van der Waals surface area contributed by atoms with E-state index in [-0.39, 0.29) is 11.8 Å². The van der Waals surface area contributed by atoms with Gasteiger partial charge in [0.2, 0.25) is 0 Å². The molecule has 1 unspecified atom stereocenters. The van der Waals surface area contributed by atoms with Gasteiger partial charge in [0.25, 0.3) is 0 Å². The van der Waals surface area contributed by atoms with E-state index < -0.39 is 0 Å². The van der Waals surface area contributed by atoms with Crippen LogP contribution in [-0.4, -0.2) is 45.8 Å². The lowest BCUT2D eigenvalue weighted by atomic mass is 10.0. The van der Waals surface area contributed by atoms with E-state index in [0.717, 1.165) is 5.56 Å². The number of carbonyl (C=O) groups excluding carboxylic acids is 1. The first kappa shape index (κ1) is 13.8. The highest BCUT2D eigenvalue weighted by molar-refractivity contribution is 6.03. The van der Waals surface area contributed by atoms with Crippen LogP contribution >= 0.6 is 0 Å². The number of aryl methyl sites for hydroxylation is 1. The molecule has 0 aromatic heterocycles. The van der Waals surface area contributed by atoms with E-state index in [1.54, 1.807) is 20.3 Å². The lowest BCUT2D eigenvalue weighted by Crippen LogP contribution is -2.46. The standard InChI is InChI=1S/C14H19NO4/c1-9-6-13(18-3)10(7-12(9)17-2)14(16)11-8-19-5-4-15-11/h6-7,11,15H,4-5,8H2,1-3H3. The fourth-order valence-electron chi connectivity index (χ4n) is 2.16. The first-order valence-electron chi connectivity index (χ1n) is 6.25. The molecule has 0 aliphatic carbocycles. The highest BCUT2D eigenvalue weighted by Gasteiger charge is 2.26. The summed E-state index contributed by atoms with van der Waals surface area (Å²) in [7, 11) is 3.15. The van der Waals surface area contributed by atoms with Gasteiger partial charge < -0.3 is 19.5 Å². The molecule has 1 saturated heterocycles. The fraction of sp³-hybridized carbons (Fsp3) is 0.500. The monoisotopic (exact) mass is 265 g/mol. The van der Waals surface area contributed by atoms with Gasteiger partial charge in [-0.15, -0.1) is 0 Å². The molecule has 1 aliphatic heterocycles. The van der Waals surface area contributed by atoms with E-state index in [1.807, 2.05) is 13.0 Å². The molecule has 1 aromatic carbocycles. The third-order valence-corrected chi connectivity index (χ3v) is 3.22. The number of benzene rings is 1. The van der Waals surface area contributed by atoms with Crippen LogP contribution in [0.1, 0.15) is 15.9 Å². The van der Waals surface area contributed by atoms with Gasteiger partial charge in [-0.1, -0.05) is 0 Å². The molecule has 1 aliphatic rings. The van der Waals surface area contributed by atoms with E-state index >= 15 is 0 Å². The third-order valence-electron chi connectivity index (χ3n) is 3.22. The van der Waals surface area contributed by atoms with Crippen LogP contribution in [0.5, 0.6) is 11.5 Å². The minimum absolute atomic E-state index is 0.0325. The summed E-state index contributed by atoms with van der Waals surface area (Å²) in [6, 6.07) is 3.22. The summed E-state index contributed by atoms with van der Waals surface area (Å²) >= 11 is 0. The van der Waals surface area contributed by atoms with E-state index in [1.165, 1.54) is 0 Å². The zero-order valence-electron chi connectivity index (χ0n) is 11.5. The highest BCUT2D eigenvalue weighted by Crippen LogP contribution is 2.29. The minimum atomic E-state index is -0.324. The van der Waals surface area contributed by atoms with Crippen LogP contribution in [0.3, 0.4) is 0 Å². The zero-order valence-corrected chi connectivity index (χ0v) is 11.5. The summed E-state index contributed by atoms with van der Waals surface area (Å²) in [5, 5.41) is 3.15. The molecule has 0 bridgehead atoms. The number of morpholine rings is 1. The number of rotatable bonds is 4. The number of hydrogen-bond acceptors (Lipinski definition) is 5. The number of Topliss-reactive ketones (excluding diaryl/α,β-unsaturated/α-hetero) is 1. The summed E-state index contributed by atoms with van der Waals surface area (Å²) in [4.78, 5) is 12.5. The Labute approximate surface area is 112 Å². The Kier molecular flexibility index (Phi) is 4.39. The van der Waals surface area contributed by atoms with Crippen molar-refractivity contribution in [2.24, 2.45) is 0 Å². The molecule has 1 fully saturated rings. The van der Waals surface area contributed by atoms with Crippen molar-refractivity contribution in [2.45, 2.75) is 13.0 Å². The van der Waals surface area contributed by atoms with Crippen molar-refractivity contribution < 1.29 is 19.0 Å². The molecule has 0 saturated carbocycles. The Morgan fingerprint density at radius 1 is 1.32 bits per heavy atom. The summed E-state index contributed by atoms with van der Waals surface area (Å²) in [6.45, 7) is 3.62. The maximum atomic E-state index is 12.5. The molecular weight excluding hydrogens is 246 g/mol. The van der Waals surface area contributed by atoms with E-state index in [9.17, 15) is 4.79 Å². The van der Waals surface area contributed by atoms with Crippen LogP contribution < -0.4 is 14.8 Å². The maximum Gasteiger partial charge on any atom is 0.185 e. The van der Waals surface area contributed by atoms with Crippen molar-refractivity contribution >= 4 is 5.78 Å². The third kappa shape index (κ3) is 2.88. The second-order valence-electron chi connectivity index (χ2n) is 4.47. The molecule has 1 N–H and O–H groups in total. The first-order chi connectivity index (χ1) is 9.17. The lowest BCUT2D eigenvalue weighted by molar-refractivity contribution is 0.0605. The number of ether oxygens (including phenoxy) is 3. The van der Waals surface area contributed by atoms with Gasteiger partial charge in [-0.2, -0.15) is 0 Å². The average molecular weight is 265 g/mol. The molecule has 5 nitrogen and oxygen atoms in total. The maximum absolute atomic E-state index is 12.5. The van der Waals surface area contributed by atoms with E-state index in [2.05, 4.69) is 5.32 Å². The summed E-state index contributed by atoms with van der Waals surface area (Å²) in [5.74, 6) is 1.21. The molecule has 0 spiro atoms. The van der Waals surface area contributed by atoms with Crippen LogP contribution in [0.25, 0.3) is 0 Å². The number of nitrogens with one attached hydrogen (secondary N) is 1. The predicted octanol–water partition coefficient (Wildman–Crippen LogP) is 1.18. The molecule has 1 heterocycles. The molecule has 1 atom stereocenters. The van der Waals surface area contributed by atoms with Gasteiger partial charge in [0, 0.05) is 6.54 Å². The Balaban J connectivity index is 2.33. The van der Waals surface area contributed by atoms with Crippen molar-refractivity contribution in [3.05, 3.63) is 23.3 Å². The zero-order chi connectivity index (χ0) is 13.8. The Morgan fingerprint density at radius 2 is 2.05 bits per heavy atom. The molecule has 1 aromatic rings. The van der Waals surface area contributed by atoms with Gasteiger partial charge in [-0.3, -0.25) is 4.79 Å². The van der Waals surface area contributed by atoms with E-state index in [4.69, 9.17) is 14.2 Å². The molecule has 5 heteroatoms. The normalized spacial score (nSPS) is 19.0. The number of hydrogen-bond donors (Lipinski definition) is 1. The minimum Gasteiger partial charge on any atom is -0.496 e. The number of ketones is 1. The summed E-state index contributed by atoms with van der Waals surface area (Å²) in [6.07, 6.45) is 0. The predicted molar refractivity (Wildman–Crippen MR) is 71.2 cm³/mol. The van der Waals surface area contributed by atoms with Crippen LogP contribution in [0, 0.1) is 6.92 Å². The topological polar surface area (TPSA) is 56.8 Å². The Morgan fingerprint density at radius 3 is 2.63 bits per heavy atom. The van der Waals surface area contributed by atoms with Crippen molar-refractivity contribution in [2.75, 3.05) is 34.0 Å².